The van der Waals surface area contributed by atoms with Crippen LogP contribution in [-0.4, -0.2) is 17.5 Å². The molecule has 1 aliphatic rings. The number of benzene rings is 2. The summed E-state index contributed by atoms with van der Waals surface area (Å²) in [6.45, 7) is 12.5. The summed E-state index contributed by atoms with van der Waals surface area (Å²) < 4.78 is 0. The highest BCUT2D eigenvalue weighted by Crippen LogP contribution is 2.22. The van der Waals surface area contributed by atoms with Crippen LogP contribution >= 0.6 is 0 Å². The zero-order chi connectivity index (χ0) is 20.5. The van der Waals surface area contributed by atoms with Gasteiger partial charge >= 0.3 is 0 Å². The van der Waals surface area contributed by atoms with Gasteiger partial charge in [-0.15, -0.1) is 0 Å². The van der Waals surface area contributed by atoms with E-state index in [1.807, 2.05) is 68.5 Å². The van der Waals surface area contributed by atoms with Crippen LogP contribution in [0.15, 0.2) is 77.6 Å². The highest BCUT2D eigenvalue weighted by molar-refractivity contribution is 5.96. The number of rotatable bonds is 6. The highest BCUT2D eigenvalue weighted by Gasteiger charge is 2.06. The second-order valence-corrected chi connectivity index (χ2v) is 6.42. The highest BCUT2D eigenvalue weighted by atomic mass is 16.3. The molecule has 0 amide bonds. The van der Waals surface area contributed by atoms with Gasteiger partial charge in [-0.1, -0.05) is 32.6 Å². The van der Waals surface area contributed by atoms with E-state index in [4.69, 9.17) is 0 Å². The van der Waals surface area contributed by atoms with Gasteiger partial charge < -0.3 is 21.1 Å². The molecule has 148 valence electrons. The van der Waals surface area contributed by atoms with Crippen LogP contribution in [0, 0.1) is 0 Å². The summed E-state index contributed by atoms with van der Waals surface area (Å²) >= 11 is 0. The fraction of sp³-hybridized carbons (Fsp3) is 0.261. The maximum Gasteiger partial charge on any atom is 0.126 e. The Kier molecular flexibility index (Phi) is 7.84. The van der Waals surface area contributed by atoms with Crippen molar-refractivity contribution in [2.45, 2.75) is 33.8 Å². The molecule has 0 aromatic heterocycles. The molecule has 0 saturated carbocycles. The summed E-state index contributed by atoms with van der Waals surface area (Å²) in [5, 5.41) is 19.4. The lowest BCUT2D eigenvalue weighted by atomic mass is 10.1. The molecule has 1 unspecified atom stereocenters. The van der Waals surface area contributed by atoms with Crippen molar-refractivity contribution in [3.05, 3.63) is 78.1 Å². The van der Waals surface area contributed by atoms with E-state index >= 15 is 0 Å². The number of nitrogens with zero attached hydrogens (tertiary/aromatic N) is 1. The third-order valence-corrected chi connectivity index (χ3v) is 4.00. The van der Waals surface area contributed by atoms with Crippen LogP contribution in [-0.2, 0) is 0 Å². The van der Waals surface area contributed by atoms with Gasteiger partial charge in [-0.2, -0.15) is 0 Å². The fourth-order valence-corrected chi connectivity index (χ4v) is 2.65. The van der Waals surface area contributed by atoms with Crippen molar-refractivity contribution in [2.75, 3.05) is 17.2 Å². The normalized spacial score (nSPS) is 13.5. The minimum absolute atomic E-state index is 0.482. The summed E-state index contributed by atoms with van der Waals surface area (Å²) in [5.74, 6) is 1.51. The summed E-state index contributed by atoms with van der Waals surface area (Å²) in [5.41, 5.74) is 4.96. The Labute approximate surface area is 167 Å². The standard InChI is InChI=1S/C21H24N4O.C2H6/c1-14-11-21(22-13-14)24-16(3)23-18-7-9-19(10-8-18)25-20-6-4-5-17(12-20)15(2)26;1-2/h4-12,15,23,25-26H,3,13H2,1-2H3,(H,22,24);1-2H3. The molecule has 2 aromatic carbocycles. The maximum atomic E-state index is 9.69. The Morgan fingerprint density at radius 2 is 1.71 bits per heavy atom. The molecule has 1 aliphatic heterocycles. The van der Waals surface area contributed by atoms with Crippen molar-refractivity contribution in [1.29, 1.82) is 0 Å². The molecule has 0 aliphatic carbocycles. The molecule has 1 heterocycles. The van der Waals surface area contributed by atoms with E-state index in [2.05, 4.69) is 34.4 Å². The van der Waals surface area contributed by atoms with E-state index < -0.39 is 6.10 Å². The van der Waals surface area contributed by atoms with Crippen LogP contribution in [0.25, 0.3) is 0 Å². The van der Waals surface area contributed by atoms with Gasteiger partial charge in [0.2, 0.25) is 0 Å². The molecule has 0 bridgehead atoms. The molecule has 1 atom stereocenters. The third kappa shape index (κ3) is 6.28. The average Bonchev–Trinajstić information content (AvgIpc) is 3.09. The first-order valence-electron chi connectivity index (χ1n) is 9.59. The quantitative estimate of drug-likeness (QED) is 0.548. The van der Waals surface area contributed by atoms with Gasteiger partial charge in [0, 0.05) is 17.1 Å². The van der Waals surface area contributed by atoms with Gasteiger partial charge in [-0.05, 0) is 67.5 Å². The van der Waals surface area contributed by atoms with Gasteiger partial charge in [0.25, 0.3) is 0 Å². The molecule has 4 N–H and O–H groups in total. The Balaban J connectivity index is 0.00000136. The Hall–Kier alpha value is -3.05. The van der Waals surface area contributed by atoms with Gasteiger partial charge in [0.1, 0.15) is 11.7 Å². The Bertz CT molecular complexity index is 851. The largest absolute Gasteiger partial charge is 0.389 e. The minimum Gasteiger partial charge on any atom is -0.389 e. The second-order valence-electron chi connectivity index (χ2n) is 6.42. The number of hydrogen-bond donors (Lipinski definition) is 4. The third-order valence-electron chi connectivity index (χ3n) is 4.00. The molecular weight excluding hydrogens is 348 g/mol. The van der Waals surface area contributed by atoms with Crippen LogP contribution in [0.1, 0.15) is 39.4 Å². The van der Waals surface area contributed by atoms with E-state index in [0.717, 1.165) is 35.0 Å². The van der Waals surface area contributed by atoms with E-state index in [0.29, 0.717) is 5.82 Å². The van der Waals surface area contributed by atoms with Crippen LogP contribution in [0.2, 0.25) is 0 Å². The number of aliphatic hydroxyl groups excluding tert-OH is 1. The second kappa shape index (κ2) is 10.3. The van der Waals surface area contributed by atoms with Crippen molar-refractivity contribution in [3.63, 3.8) is 0 Å². The number of nitrogens with one attached hydrogen (secondary N) is 3. The molecule has 5 heteroatoms. The van der Waals surface area contributed by atoms with E-state index in [1.54, 1.807) is 6.92 Å². The molecule has 28 heavy (non-hydrogen) atoms. The summed E-state index contributed by atoms with van der Waals surface area (Å²) in [6.07, 6.45) is 1.53. The average molecular weight is 379 g/mol. The molecule has 0 radical (unpaired) electrons. The van der Waals surface area contributed by atoms with Gasteiger partial charge in [-0.3, -0.25) is 4.99 Å². The first kappa shape index (κ1) is 21.3. The molecule has 0 spiro atoms. The topological polar surface area (TPSA) is 68.7 Å². The fourth-order valence-electron chi connectivity index (χ4n) is 2.65. The molecule has 0 fully saturated rings. The van der Waals surface area contributed by atoms with Crippen molar-refractivity contribution < 1.29 is 5.11 Å². The molecule has 2 aromatic rings. The van der Waals surface area contributed by atoms with Crippen LogP contribution < -0.4 is 16.0 Å². The predicted octanol–water partition coefficient (Wildman–Crippen LogP) is 5.34. The maximum absolute atomic E-state index is 9.69. The number of hydrogen-bond acceptors (Lipinski definition) is 5. The first-order valence-corrected chi connectivity index (χ1v) is 9.59. The molecular formula is C23H30N4O. The first-order chi connectivity index (χ1) is 13.5. The Morgan fingerprint density at radius 1 is 1.04 bits per heavy atom. The van der Waals surface area contributed by atoms with E-state index in [1.165, 1.54) is 5.57 Å². The van der Waals surface area contributed by atoms with Crippen molar-refractivity contribution in [1.82, 2.24) is 5.32 Å². The lowest BCUT2D eigenvalue weighted by molar-refractivity contribution is 0.199. The van der Waals surface area contributed by atoms with Gasteiger partial charge in [0.05, 0.1) is 12.6 Å². The summed E-state index contributed by atoms with van der Waals surface area (Å²) in [4.78, 5) is 4.36. The lowest BCUT2D eigenvalue weighted by Gasteiger charge is -2.13. The number of aliphatic imine (C=N–C) groups is 1. The SMILES string of the molecule is C=C(NC1=NCC(C)=C1)Nc1ccc(Nc2cccc(C(C)O)c2)cc1.CC. The predicted molar refractivity (Wildman–Crippen MR) is 120 cm³/mol. The molecule has 5 nitrogen and oxygen atoms in total. The summed E-state index contributed by atoms with van der Waals surface area (Å²) in [6, 6.07) is 15.7. The van der Waals surface area contributed by atoms with Crippen molar-refractivity contribution >= 4 is 22.9 Å². The van der Waals surface area contributed by atoms with Crippen molar-refractivity contribution in [2.24, 2.45) is 4.99 Å². The molecule has 3 rings (SSSR count). The van der Waals surface area contributed by atoms with Crippen LogP contribution in [0.4, 0.5) is 17.1 Å². The van der Waals surface area contributed by atoms with Crippen LogP contribution in [0.3, 0.4) is 0 Å². The zero-order valence-corrected chi connectivity index (χ0v) is 17.1. The zero-order valence-electron chi connectivity index (χ0n) is 17.1. The van der Waals surface area contributed by atoms with E-state index in [-0.39, 0.29) is 0 Å². The monoisotopic (exact) mass is 378 g/mol. The molecule has 0 saturated heterocycles. The summed E-state index contributed by atoms with van der Waals surface area (Å²) in [7, 11) is 0. The number of amidine groups is 1. The lowest BCUT2D eigenvalue weighted by Crippen LogP contribution is -2.23. The number of anilines is 3. The number of aliphatic hydroxyl groups is 1. The van der Waals surface area contributed by atoms with Gasteiger partial charge in [-0.25, -0.2) is 0 Å². The minimum atomic E-state index is -0.482. The van der Waals surface area contributed by atoms with Crippen molar-refractivity contribution in [3.8, 4) is 0 Å². The smallest absolute Gasteiger partial charge is 0.126 e. The van der Waals surface area contributed by atoms with Gasteiger partial charge in [0.15, 0.2) is 0 Å². The van der Waals surface area contributed by atoms with E-state index in [9.17, 15) is 5.11 Å². The van der Waals surface area contributed by atoms with Crippen LogP contribution in [0.5, 0.6) is 0 Å². The Morgan fingerprint density at radius 3 is 2.32 bits per heavy atom.